The standard InChI is InChI=1S/C26H36F3NO4S.C2H6.C2H2/c1-6-20(10-8-12-26(27,28)29)17-30-24(35-5)11-9-13-34-22-15-18(3)21(14-19(22)4)16-23(25(31)32)33-7-2;2*1-2/h6,8,10,14-15,23H,7,9,11-13,16-17H2,1-5H3,(H,31,32);1-2H3;1-2H/b10-8-,20-6+,30-24?;;. The number of ether oxygens (including phenoxy) is 2. The molecule has 0 aliphatic heterocycles. The summed E-state index contributed by atoms with van der Waals surface area (Å²) < 4.78 is 48.2. The van der Waals surface area contributed by atoms with E-state index in [-0.39, 0.29) is 0 Å². The first-order valence-electron chi connectivity index (χ1n) is 12.9. The summed E-state index contributed by atoms with van der Waals surface area (Å²) in [5, 5.41) is 10.2. The van der Waals surface area contributed by atoms with Crippen LogP contribution < -0.4 is 4.74 Å². The number of benzene rings is 1. The second kappa shape index (κ2) is 22.2. The van der Waals surface area contributed by atoms with Gasteiger partial charge in [0.1, 0.15) is 5.75 Å². The van der Waals surface area contributed by atoms with Crippen molar-refractivity contribution in [1.82, 2.24) is 0 Å². The maximum Gasteiger partial charge on any atom is 0.392 e. The lowest BCUT2D eigenvalue weighted by Crippen LogP contribution is -2.26. The number of carboxylic acid groups (broad SMARTS) is 1. The summed E-state index contributed by atoms with van der Waals surface area (Å²) in [6, 6.07) is 3.87. The zero-order valence-electron chi connectivity index (χ0n) is 24.2. The van der Waals surface area contributed by atoms with Crippen molar-refractivity contribution in [2.24, 2.45) is 4.99 Å². The summed E-state index contributed by atoms with van der Waals surface area (Å²) in [5.74, 6) is -0.224. The zero-order valence-corrected chi connectivity index (χ0v) is 25.0. The van der Waals surface area contributed by atoms with Crippen molar-refractivity contribution in [3.63, 3.8) is 0 Å². The first kappa shape index (κ1) is 38.4. The third-order valence-electron chi connectivity index (χ3n) is 5.20. The predicted octanol–water partition coefficient (Wildman–Crippen LogP) is 7.99. The van der Waals surface area contributed by atoms with Gasteiger partial charge in [-0.15, -0.1) is 24.6 Å². The summed E-state index contributed by atoms with van der Waals surface area (Å²) in [6.45, 7) is 12.6. The number of halogens is 3. The Morgan fingerprint density at radius 1 is 1.21 bits per heavy atom. The van der Waals surface area contributed by atoms with Crippen LogP contribution in [0.25, 0.3) is 0 Å². The molecule has 0 heterocycles. The SMILES string of the molecule is C#C.C/C=C(\C=C/CC(F)(F)F)CN=C(CCCOc1cc(C)c(CC(OCC)C(=O)O)cc1C)SC.CC. The highest BCUT2D eigenvalue weighted by Crippen LogP contribution is 2.25. The van der Waals surface area contributed by atoms with Crippen molar-refractivity contribution >= 4 is 22.8 Å². The fourth-order valence-corrected chi connectivity index (χ4v) is 3.80. The second-order valence-electron chi connectivity index (χ2n) is 7.98. The fourth-order valence-electron chi connectivity index (χ4n) is 3.26. The molecule has 1 atom stereocenters. The van der Waals surface area contributed by atoms with E-state index in [1.165, 1.54) is 17.8 Å². The minimum atomic E-state index is -4.20. The maximum absolute atomic E-state index is 12.3. The molecule has 9 heteroatoms. The Kier molecular flexibility index (Phi) is 21.8. The Balaban J connectivity index is 0. The number of rotatable bonds is 14. The van der Waals surface area contributed by atoms with Crippen molar-refractivity contribution in [3.05, 3.63) is 52.6 Å². The number of carbonyl (C=O) groups is 1. The number of thioether (sulfide) groups is 1. The number of aliphatic imine (C=N–C) groups is 1. The Bertz CT molecular complexity index is 954. The van der Waals surface area contributed by atoms with Gasteiger partial charge in [-0.05, 0) is 75.1 Å². The average molecular weight is 572 g/mol. The fraction of sp³-hybridized carbons (Fsp3) is 0.533. The van der Waals surface area contributed by atoms with E-state index in [2.05, 4.69) is 17.8 Å². The topological polar surface area (TPSA) is 68.1 Å². The van der Waals surface area contributed by atoms with E-state index in [0.29, 0.717) is 32.6 Å². The lowest BCUT2D eigenvalue weighted by Gasteiger charge is -2.17. The molecule has 0 aromatic heterocycles. The lowest BCUT2D eigenvalue weighted by molar-refractivity contribution is -0.150. The van der Waals surface area contributed by atoms with E-state index in [1.54, 1.807) is 19.9 Å². The lowest BCUT2D eigenvalue weighted by atomic mass is 9.99. The molecule has 0 saturated heterocycles. The Hall–Kier alpha value is -2.70. The van der Waals surface area contributed by atoms with Crippen LogP contribution in [0.3, 0.4) is 0 Å². The zero-order chi connectivity index (χ0) is 30.4. The number of hydrogen-bond acceptors (Lipinski definition) is 5. The van der Waals surface area contributed by atoms with Gasteiger partial charge in [0.15, 0.2) is 6.10 Å². The van der Waals surface area contributed by atoms with Crippen LogP contribution in [0.15, 0.2) is 40.9 Å². The van der Waals surface area contributed by atoms with Crippen LogP contribution >= 0.6 is 11.8 Å². The number of aryl methyl sites for hydroxylation is 2. The van der Waals surface area contributed by atoms with Gasteiger partial charge in [-0.1, -0.05) is 38.1 Å². The molecule has 5 nitrogen and oxygen atoms in total. The van der Waals surface area contributed by atoms with Crippen LogP contribution in [-0.4, -0.2) is 54.4 Å². The van der Waals surface area contributed by atoms with Crippen LogP contribution in [0.5, 0.6) is 5.75 Å². The Labute approximate surface area is 237 Å². The highest BCUT2D eigenvalue weighted by molar-refractivity contribution is 8.13. The Morgan fingerprint density at radius 3 is 2.36 bits per heavy atom. The monoisotopic (exact) mass is 571 g/mol. The second-order valence-corrected chi connectivity index (χ2v) is 8.86. The third kappa shape index (κ3) is 17.5. The van der Waals surface area contributed by atoms with Crippen molar-refractivity contribution in [2.75, 3.05) is 26.0 Å². The predicted molar refractivity (Wildman–Crippen MR) is 158 cm³/mol. The number of terminal acetylenes is 1. The summed E-state index contributed by atoms with van der Waals surface area (Å²) in [4.78, 5) is 15.9. The first-order valence-corrected chi connectivity index (χ1v) is 14.1. The van der Waals surface area contributed by atoms with E-state index in [9.17, 15) is 23.1 Å². The van der Waals surface area contributed by atoms with E-state index in [0.717, 1.165) is 45.6 Å². The van der Waals surface area contributed by atoms with Crippen LogP contribution in [-0.2, 0) is 16.0 Å². The molecule has 0 aliphatic carbocycles. The molecule has 1 unspecified atom stereocenters. The van der Waals surface area contributed by atoms with Crippen molar-refractivity contribution in [1.29, 1.82) is 0 Å². The van der Waals surface area contributed by atoms with Crippen LogP contribution in [0.1, 0.15) is 63.6 Å². The number of aliphatic carboxylic acids is 1. The van der Waals surface area contributed by atoms with Gasteiger partial charge in [0, 0.05) is 13.0 Å². The molecule has 1 N–H and O–H groups in total. The van der Waals surface area contributed by atoms with Gasteiger partial charge in [-0.25, -0.2) is 4.79 Å². The van der Waals surface area contributed by atoms with Gasteiger partial charge in [-0.2, -0.15) is 13.2 Å². The molecule has 1 rings (SSSR count). The van der Waals surface area contributed by atoms with Crippen LogP contribution in [0.4, 0.5) is 13.2 Å². The van der Waals surface area contributed by atoms with E-state index >= 15 is 0 Å². The molecule has 0 bridgehead atoms. The van der Waals surface area contributed by atoms with Gasteiger partial charge >= 0.3 is 12.1 Å². The highest BCUT2D eigenvalue weighted by Gasteiger charge is 2.24. The quantitative estimate of drug-likeness (QED) is 0.0806. The smallest absolute Gasteiger partial charge is 0.392 e. The molecule has 0 saturated carbocycles. The molecule has 0 spiro atoms. The molecule has 1 aromatic carbocycles. The summed E-state index contributed by atoms with van der Waals surface area (Å²) >= 11 is 1.52. The van der Waals surface area contributed by atoms with Gasteiger partial charge in [0.25, 0.3) is 0 Å². The van der Waals surface area contributed by atoms with Gasteiger partial charge in [0.2, 0.25) is 0 Å². The van der Waals surface area contributed by atoms with Crippen molar-refractivity contribution in [2.45, 2.75) is 79.5 Å². The molecule has 1 aromatic rings. The maximum atomic E-state index is 12.3. The number of nitrogens with zero attached hydrogens (tertiary/aromatic N) is 1. The average Bonchev–Trinajstić information content (AvgIpc) is 2.90. The van der Waals surface area contributed by atoms with Gasteiger partial charge < -0.3 is 14.6 Å². The van der Waals surface area contributed by atoms with Crippen molar-refractivity contribution in [3.8, 4) is 18.6 Å². The third-order valence-corrected chi connectivity index (χ3v) is 6.00. The molecule has 0 aliphatic rings. The van der Waals surface area contributed by atoms with Crippen molar-refractivity contribution < 1.29 is 32.5 Å². The normalized spacial score (nSPS) is 12.7. The molecule has 220 valence electrons. The van der Waals surface area contributed by atoms with Crippen LogP contribution in [0.2, 0.25) is 0 Å². The minimum Gasteiger partial charge on any atom is -0.493 e. The van der Waals surface area contributed by atoms with E-state index in [1.807, 2.05) is 46.1 Å². The van der Waals surface area contributed by atoms with Crippen LogP contribution in [0, 0.1) is 26.7 Å². The molecular formula is C30H44F3NO4S. The van der Waals surface area contributed by atoms with E-state index < -0.39 is 24.7 Å². The summed E-state index contributed by atoms with van der Waals surface area (Å²) in [5.41, 5.74) is 3.52. The van der Waals surface area contributed by atoms with Gasteiger partial charge in [-0.3, -0.25) is 4.99 Å². The number of alkyl halides is 3. The number of allylic oxidation sites excluding steroid dienone is 2. The molecule has 0 amide bonds. The summed E-state index contributed by atoms with van der Waals surface area (Å²) in [7, 11) is 0. The first-order chi connectivity index (χ1) is 18.5. The number of hydrogen-bond donors (Lipinski definition) is 1. The molecule has 39 heavy (non-hydrogen) atoms. The summed E-state index contributed by atoms with van der Waals surface area (Å²) in [6.07, 6.45) is 9.98. The Morgan fingerprint density at radius 2 is 1.85 bits per heavy atom. The van der Waals surface area contributed by atoms with Gasteiger partial charge in [0.05, 0.1) is 24.6 Å². The van der Waals surface area contributed by atoms with E-state index in [4.69, 9.17) is 9.47 Å². The number of carboxylic acids is 1. The molecule has 0 fully saturated rings. The molecule has 0 radical (unpaired) electrons. The largest absolute Gasteiger partial charge is 0.493 e. The minimum absolute atomic E-state index is 0.295. The molecular weight excluding hydrogens is 527 g/mol. The highest BCUT2D eigenvalue weighted by atomic mass is 32.2.